The Morgan fingerprint density at radius 2 is 1.69 bits per heavy atom. The molecular weight excluding hydrogens is 628 g/mol. The summed E-state index contributed by atoms with van der Waals surface area (Å²) in [5.74, 6) is 0.354. The van der Waals surface area contributed by atoms with Gasteiger partial charge in [-0.2, -0.15) is 4.98 Å². The number of hydrogen-bond acceptors (Lipinski definition) is 8. The monoisotopic (exact) mass is 676 g/mol. The van der Waals surface area contributed by atoms with E-state index in [-0.39, 0.29) is 59.3 Å². The third-order valence-electron chi connectivity index (χ3n) is 9.19. The molecule has 0 radical (unpaired) electrons. The smallest absolute Gasteiger partial charge is 0.306 e. The maximum absolute atomic E-state index is 14.5. The van der Waals surface area contributed by atoms with Crippen LogP contribution >= 0.6 is 0 Å². The van der Waals surface area contributed by atoms with Crippen molar-refractivity contribution in [3.05, 3.63) is 65.2 Å². The van der Waals surface area contributed by atoms with Crippen molar-refractivity contribution in [3.63, 3.8) is 0 Å². The highest BCUT2D eigenvalue weighted by Gasteiger charge is 2.36. The van der Waals surface area contributed by atoms with Gasteiger partial charge in [-0.3, -0.25) is 9.59 Å². The van der Waals surface area contributed by atoms with Crippen molar-refractivity contribution in [1.82, 2.24) is 14.9 Å². The second-order valence-electron chi connectivity index (χ2n) is 13.9. The fraction of sp³-hybridized carbons (Fsp3) is 0.514. The zero-order valence-electron chi connectivity index (χ0n) is 28.9. The van der Waals surface area contributed by atoms with Gasteiger partial charge in [0.25, 0.3) is 15.9 Å². The van der Waals surface area contributed by atoms with Crippen LogP contribution < -0.4 is 9.46 Å². The molecule has 2 aromatic carbocycles. The lowest BCUT2D eigenvalue weighted by molar-refractivity contribution is -0.147. The number of aromatic nitrogens is 2. The van der Waals surface area contributed by atoms with E-state index in [0.717, 1.165) is 48.8 Å². The molecule has 0 unspecified atom stereocenters. The molecule has 10 nitrogen and oxygen atoms in total. The van der Waals surface area contributed by atoms with E-state index < -0.39 is 10.0 Å². The summed E-state index contributed by atoms with van der Waals surface area (Å²) in [5, 5.41) is 0. The molecule has 0 spiro atoms. The molecular formula is C37H48N4O6S. The molecule has 2 aliphatic rings. The number of ether oxygens (including phenoxy) is 2. The molecule has 1 aliphatic heterocycles. The fourth-order valence-corrected chi connectivity index (χ4v) is 7.98. The number of hydrogen-bond donors (Lipinski definition) is 1. The molecule has 4 bridgehead atoms. The molecule has 1 fully saturated rings. The third-order valence-corrected chi connectivity index (χ3v) is 10.5. The van der Waals surface area contributed by atoms with Gasteiger partial charge >= 0.3 is 5.97 Å². The largest absolute Gasteiger partial charge is 0.475 e. The second-order valence-corrected chi connectivity index (χ2v) is 15.6. The molecule has 1 saturated carbocycles. The summed E-state index contributed by atoms with van der Waals surface area (Å²) in [4.78, 5) is 37.7. The van der Waals surface area contributed by atoms with Gasteiger partial charge in [0, 0.05) is 29.7 Å². The van der Waals surface area contributed by atoms with Crippen LogP contribution in [0.15, 0.2) is 53.4 Å². The molecule has 1 aromatic heterocycles. The van der Waals surface area contributed by atoms with Gasteiger partial charge in [-0.1, -0.05) is 38.1 Å². The summed E-state index contributed by atoms with van der Waals surface area (Å²) in [7, 11) is -4.14. The van der Waals surface area contributed by atoms with E-state index in [2.05, 4.69) is 28.5 Å². The summed E-state index contributed by atoms with van der Waals surface area (Å²) in [6.45, 7) is 12.1. The maximum Gasteiger partial charge on any atom is 0.306 e. The first kappa shape index (κ1) is 35.3. The summed E-state index contributed by atoms with van der Waals surface area (Å²) in [6, 6.07) is 13.5. The van der Waals surface area contributed by atoms with Crippen LogP contribution in [0, 0.1) is 25.7 Å². The molecule has 1 atom stereocenters. The first-order chi connectivity index (χ1) is 22.8. The Kier molecular flexibility index (Phi) is 11.1. The van der Waals surface area contributed by atoms with Gasteiger partial charge in [0.05, 0.1) is 22.7 Å². The number of fused-ring (bicyclic) bond motifs is 4. The number of nitrogens with one attached hydrogen (secondary N) is 1. The number of esters is 1. The normalized spacial score (nSPS) is 21.0. The predicted molar refractivity (Wildman–Crippen MR) is 185 cm³/mol. The van der Waals surface area contributed by atoms with Gasteiger partial charge in [-0.25, -0.2) is 18.1 Å². The number of carbonyl (C=O) groups is 2. The van der Waals surface area contributed by atoms with Gasteiger partial charge in [0.15, 0.2) is 0 Å². The Balaban J connectivity index is 1.51. The Hall–Kier alpha value is -3.99. The van der Waals surface area contributed by atoms with E-state index in [0.29, 0.717) is 30.0 Å². The number of rotatable bonds is 8. The summed E-state index contributed by atoms with van der Waals surface area (Å²) in [5.41, 5.74) is 3.69. The van der Waals surface area contributed by atoms with E-state index in [1.54, 1.807) is 18.2 Å². The number of sulfonamides is 1. The van der Waals surface area contributed by atoms with Crippen molar-refractivity contribution in [1.29, 1.82) is 0 Å². The topological polar surface area (TPSA) is 128 Å². The number of nitrogens with zero attached hydrogens (tertiary/aromatic N) is 3. The molecule has 1 aliphatic carbocycles. The van der Waals surface area contributed by atoms with Crippen LogP contribution in [0.2, 0.25) is 0 Å². The van der Waals surface area contributed by atoms with E-state index in [4.69, 9.17) is 9.47 Å². The van der Waals surface area contributed by atoms with Crippen molar-refractivity contribution < 1.29 is 27.5 Å². The first-order valence-electron chi connectivity index (χ1n) is 17.0. The van der Waals surface area contributed by atoms with E-state index in [9.17, 15) is 18.0 Å². The lowest BCUT2D eigenvalue weighted by Gasteiger charge is -2.42. The van der Waals surface area contributed by atoms with Crippen molar-refractivity contribution in [2.45, 2.75) is 110 Å². The van der Waals surface area contributed by atoms with Crippen molar-refractivity contribution in [2.24, 2.45) is 11.8 Å². The van der Waals surface area contributed by atoms with Crippen LogP contribution in [-0.2, 0) is 19.6 Å². The zero-order valence-corrected chi connectivity index (χ0v) is 29.7. The minimum absolute atomic E-state index is 0.0477. The van der Waals surface area contributed by atoms with Gasteiger partial charge in [-0.05, 0) is 107 Å². The van der Waals surface area contributed by atoms with Crippen molar-refractivity contribution >= 4 is 27.8 Å². The molecule has 258 valence electrons. The quantitative estimate of drug-likeness (QED) is 0.250. The Morgan fingerprint density at radius 1 is 1.00 bits per heavy atom. The third kappa shape index (κ3) is 8.53. The summed E-state index contributed by atoms with van der Waals surface area (Å²) in [6.07, 6.45) is 5.02. The summed E-state index contributed by atoms with van der Waals surface area (Å²) >= 11 is 0. The molecule has 11 heteroatoms. The number of anilines is 1. The minimum Gasteiger partial charge on any atom is -0.475 e. The van der Waals surface area contributed by atoms with Crippen LogP contribution in [0.5, 0.6) is 5.88 Å². The van der Waals surface area contributed by atoms with Gasteiger partial charge < -0.3 is 14.4 Å². The van der Waals surface area contributed by atoms with E-state index in [1.165, 1.54) is 12.1 Å². The fourth-order valence-electron chi connectivity index (χ4n) is 6.99. The Labute approximate surface area is 284 Å². The van der Waals surface area contributed by atoms with Gasteiger partial charge in [-0.15, -0.1) is 0 Å². The SMILES string of the molecule is Cc1cccc(C)c1-c1cc2nc(n1)NS(=O)(=O)c1cccc(c1)C(=O)N(C1CCC(CCC(=O)OC(C)C)CC1)[C@H](CC(C)C)CO2. The number of aryl methyl sites for hydroxylation is 2. The first-order valence-corrected chi connectivity index (χ1v) is 18.5. The number of carbonyl (C=O) groups excluding carboxylic acids is 2. The average Bonchev–Trinajstić information content (AvgIpc) is 3.02. The number of benzene rings is 2. The van der Waals surface area contributed by atoms with Crippen LogP contribution in [0.4, 0.5) is 5.95 Å². The van der Waals surface area contributed by atoms with Crippen molar-refractivity contribution in [3.8, 4) is 17.1 Å². The van der Waals surface area contributed by atoms with Crippen LogP contribution in [0.1, 0.15) is 94.1 Å². The zero-order chi connectivity index (χ0) is 34.6. The highest BCUT2D eigenvalue weighted by Crippen LogP contribution is 2.35. The molecule has 48 heavy (non-hydrogen) atoms. The lowest BCUT2D eigenvalue weighted by atomic mass is 9.82. The molecule has 0 saturated heterocycles. The minimum atomic E-state index is -4.14. The molecule has 5 rings (SSSR count). The van der Waals surface area contributed by atoms with Gasteiger partial charge in [0.1, 0.15) is 6.61 Å². The second kappa shape index (κ2) is 15.1. The molecule has 3 aromatic rings. The molecule has 1 N–H and O–H groups in total. The standard InChI is InChI=1S/C37H48N4O6S/c1-23(2)19-30-22-46-33-21-32(35-25(5)9-7-10-26(35)6)38-37(39-33)40-48(44,45)31-12-8-11-28(20-31)36(43)41(30)29-16-13-27(14-17-29)15-18-34(42)47-24(3)4/h7-12,20-21,23-24,27,29-30H,13-19,22H2,1-6H3,(H,38,39,40)/t27?,29?,30-/m1/s1. The average molecular weight is 677 g/mol. The summed E-state index contributed by atoms with van der Waals surface area (Å²) < 4.78 is 41.6. The van der Waals surface area contributed by atoms with E-state index in [1.807, 2.05) is 50.8 Å². The Bertz CT molecular complexity index is 1710. The van der Waals surface area contributed by atoms with E-state index >= 15 is 0 Å². The lowest BCUT2D eigenvalue weighted by Crippen LogP contribution is -2.51. The van der Waals surface area contributed by atoms with Crippen LogP contribution in [0.25, 0.3) is 11.3 Å². The molecule has 2 heterocycles. The predicted octanol–water partition coefficient (Wildman–Crippen LogP) is 7.10. The van der Waals surface area contributed by atoms with Crippen LogP contribution in [0.3, 0.4) is 0 Å². The van der Waals surface area contributed by atoms with Crippen LogP contribution in [-0.4, -0.2) is 60.0 Å². The Morgan fingerprint density at radius 3 is 2.35 bits per heavy atom. The van der Waals surface area contributed by atoms with Gasteiger partial charge in [0.2, 0.25) is 11.8 Å². The molecule has 1 amide bonds. The highest BCUT2D eigenvalue weighted by atomic mass is 32.2. The maximum atomic E-state index is 14.5. The van der Waals surface area contributed by atoms with Crippen molar-refractivity contribution in [2.75, 3.05) is 11.3 Å². The highest BCUT2D eigenvalue weighted by molar-refractivity contribution is 7.92. The number of amides is 1.